The Morgan fingerprint density at radius 3 is 2.89 bits per heavy atom. The molecule has 5 nitrogen and oxygen atoms in total. The lowest BCUT2D eigenvalue weighted by Gasteiger charge is -2.05. The molecule has 0 unspecified atom stereocenters. The van der Waals surface area contributed by atoms with Gasteiger partial charge in [-0.25, -0.2) is 4.98 Å². The van der Waals surface area contributed by atoms with Crippen molar-refractivity contribution in [2.24, 2.45) is 0 Å². The van der Waals surface area contributed by atoms with Gasteiger partial charge in [-0.2, -0.15) is 0 Å². The lowest BCUT2D eigenvalue weighted by atomic mass is 10.3. The predicted molar refractivity (Wildman–Crippen MR) is 74.0 cm³/mol. The number of amides is 1. The van der Waals surface area contributed by atoms with Crippen LogP contribution < -0.4 is 10.1 Å². The maximum Gasteiger partial charge on any atom is 0.273 e. The molecule has 0 aliphatic carbocycles. The Kier molecular flexibility index (Phi) is 2.92. The summed E-state index contributed by atoms with van der Waals surface area (Å²) in [6.45, 7) is 0. The summed E-state index contributed by atoms with van der Waals surface area (Å²) in [5, 5.41) is 4.63. The molecule has 2 heterocycles. The van der Waals surface area contributed by atoms with E-state index in [2.05, 4.69) is 10.3 Å². The highest BCUT2D eigenvalue weighted by molar-refractivity contribution is 7.15. The summed E-state index contributed by atoms with van der Waals surface area (Å²) in [5.74, 6) is 0.597. The molecule has 0 radical (unpaired) electrons. The molecule has 0 saturated carbocycles. The average molecular weight is 273 g/mol. The van der Waals surface area contributed by atoms with Gasteiger partial charge in [0, 0.05) is 23.5 Å². The second-order valence-corrected chi connectivity index (χ2v) is 4.72. The van der Waals surface area contributed by atoms with Gasteiger partial charge in [0.1, 0.15) is 11.4 Å². The topological polar surface area (TPSA) is 55.6 Å². The van der Waals surface area contributed by atoms with E-state index < -0.39 is 0 Å². The standard InChI is InChI=1S/C13H11N3O2S/c1-18-10-4-2-9(3-5-10)15-12(17)11-8-19-13-14-6-7-16(11)13/h2-8H,1H3,(H,15,17). The summed E-state index contributed by atoms with van der Waals surface area (Å²) in [6.07, 6.45) is 3.45. The van der Waals surface area contributed by atoms with Crippen molar-refractivity contribution in [1.29, 1.82) is 0 Å². The van der Waals surface area contributed by atoms with Crippen LogP contribution in [0.3, 0.4) is 0 Å². The molecule has 3 rings (SSSR count). The molecular formula is C13H11N3O2S. The summed E-state index contributed by atoms with van der Waals surface area (Å²) in [4.78, 5) is 17.1. The third kappa shape index (κ3) is 2.17. The minimum Gasteiger partial charge on any atom is -0.497 e. The van der Waals surface area contributed by atoms with Crippen LogP contribution >= 0.6 is 11.3 Å². The van der Waals surface area contributed by atoms with Crippen LogP contribution in [0, 0.1) is 0 Å². The molecule has 0 saturated heterocycles. The van der Waals surface area contributed by atoms with E-state index >= 15 is 0 Å². The Balaban J connectivity index is 1.82. The lowest BCUT2D eigenvalue weighted by Crippen LogP contribution is -2.13. The van der Waals surface area contributed by atoms with Crippen molar-refractivity contribution >= 4 is 27.9 Å². The minimum absolute atomic E-state index is 0.158. The van der Waals surface area contributed by atoms with Crippen molar-refractivity contribution < 1.29 is 9.53 Å². The van der Waals surface area contributed by atoms with E-state index in [-0.39, 0.29) is 5.91 Å². The maximum absolute atomic E-state index is 12.2. The Hall–Kier alpha value is -2.34. The number of benzene rings is 1. The van der Waals surface area contributed by atoms with Gasteiger partial charge < -0.3 is 10.1 Å². The summed E-state index contributed by atoms with van der Waals surface area (Å²) in [5.41, 5.74) is 1.30. The van der Waals surface area contributed by atoms with Crippen molar-refractivity contribution in [3.63, 3.8) is 0 Å². The quantitative estimate of drug-likeness (QED) is 0.798. The molecule has 6 heteroatoms. The second kappa shape index (κ2) is 4.74. The normalized spacial score (nSPS) is 10.6. The predicted octanol–water partition coefficient (Wildman–Crippen LogP) is 2.66. The van der Waals surface area contributed by atoms with Crippen LogP contribution in [-0.2, 0) is 0 Å². The molecule has 0 aliphatic heterocycles. The molecule has 0 spiro atoms. The van der Waals surface area contributed by atoms with Gasteiger partial charge in [0.25, 0.3) is 5.91 Å². The molecule has 3 aromatic rings. The number of ether oxygens (including phenoxy) is 1. The number of nitrogens with one attached hydrogen (secondary N) is 1. The molecule has 0 fully saturated rings. The van der Waals surface area contributed by atoms with Crippen LogP contribution in [0.5, 0.6) is 5.75 Å². The lowest BCUT2D eigenvalue weighted by molar-refractivity contribution is 0.102. The molecule has 2 aromatic heterocycles. The summed E-state index contributed by atoms with van der Waals surface area (Å²) in [7, 11) is 1.61. The number of fused-ring (bicyclic) bond motifs is 1. The van der Waals surface area contributed by atoms with Crippen molar-refractivity contribution in [3.05, 3.63) is 47.7 Å². The Morgan fingerprint density at radius 1 is 1.37 bits per heavy atom. The first kappa shape index (κ1) is 11.7. The number of aromatic nitrogens is 2. The first-order chi connectivity index (χ1) is 9.28. The van der Waals surface area contributed by atoms with Gasteiger partial charge in [-0.15, -0.1) is 11.3 Å². The van der Waals surface area contributed by atoms with Crippen LogP contribution in [0.2, 0.25) is 0 Å². The Bertz CT molecular complexity index is 715. The van der Waals surface area contributed by atoms with Gasteiger partial charge >= 0.3 is 0 Å². The monoisotopic (exact) mass is 273 g/mol. The van der Waals surface area contributed by atoms with E-state index in [0.717, 1.165) is 16.4 Å². The van der Waals surface area contributed by atoms with Gasteiger partial charge in [-0.05, 0) is 24.3 Å². The van der Waals surface area contributed by atoms with Crippen LogP contribution in [0.1, 0.15) is 10.5 Å². The summed E-state index contributed by atoms with van der Waals surface area (Å²) < 4.78 is 6.84. The number of thiazole rings is 1. The average Bonchev–Trinajstić information content (AvgIpc) is 3.01. The fraction of sp³-hybridized carbons (Fsp3) is 0.0769. The zero-order valence-corrected chi connectivity index (χ0v) is 11.0. The molecule has 1 aromatic carbocycles. The Labute approximate surface area is 113 Å². The highest BCUT2D eigenvalue weighted by atomic mass is 32.1. The largest absolute Gasteiger partial charge is 0.497 e. The molecular weight excluding hydrogens is 262 g/mol. The summed E-state index contributed by atoms with van der Waals surface area (Å²) in [6, 6.07) is 7.20. The van der Waals surface area contributed by atoms with Crippen molar-refractivity contribution in [2.45, 2.75) is 0 Å². The molecule has 0 aliphatic rings. The molecule has 1 amide bonds. The van der Waals surface area contributed by atoms with Crippen LogP contribution in [-0.4, -0.2) is 22.4 Å². The van der Waals surface area contributed by atoms with E-state index in [9.17, 15) is 4.79 Å². The number of hydrogen-bond donors (Lipinski definition) is 1. The number of methoxy groups -OCH3 is 1. The van der Waals surface area contributed by atoms with E-state index in [1.165, 1.54) is 11.3 Å². The highest BCUT2D eigenvalue weighted by Gasteiger charge is 2.12. The van der Waals surface area contributed by atoms with E-state index in [1.54, 1.807) is 53.5 Å². The van der Waals surface area contributed by atoms with E-state index in [0.29, 0.717) is 5.69 Å². The van der Waals surface area contributed by atoms with Gasteiger partial charge in [0.15, 0.2) is 4.96 Å². The van der Waals surface area contributed by atoms with Gasteiger partial charge in [0.05, 0.1) is 7.11 Å². The molecule has 0 atom stereocenters. The van der Waals surface area contributed by atoms with Crippen molar-refractivity contribution in [1.82, 2.24) is 9.38 Å². The molecule has 1 N–H and O–H groups in total. The van der Waals surface area contributed by atoms with Gasteiger partial charge in [0.2, 0.25) is 0 Å². The maximum atomic E-state index is 12.2. The molecule has 96 valence electrons. The number of carbonyl (C=O) groups excluding carboxylic acids is 1. The van der Waals surface area contributed by atoms with Crippen LogP contribution in [0.4, 0.5) is 5.69 Å². The number of hydrogen-bond acceptors (Lipinski definition) is 4. The SMILES string of the molecule is COc1ccc(NC(=O)c2csc3nccn23)cc1. The fourth-order valence-electron chi connectivity index (χ4n) is 1.76. The third-order valence-electron chi connectivity index (χ3n) is 2.72. The summed E-state index contributed by atoms with van der Waals surface area (Å²) >= 11 is 1.44. The number of carbonyl (C=O) groups is 1. The second-order valence-electron chi connectivity index (χ2n) is 3.88. The zero-order valence-electron chi connectivity index (χ0n) is 10.2. The van der Waals surface area contributed by atoms with Gasteiger partial charge in [-0.1, -0.05) is 0 Å². The number of nitrogens with zero attached hydrogens (tertiary/aromatic N) is 2. The van der Waals surface area contributed by atoms with E-state index in [1.807, 2.05) is 0 Å². The van der Waals surface area contributed by atoms with Crippen molar-refractivity contribution in [2.75, 3.05) is 12.4 Å². The first-order valence-corrected chi connectivity index (χ1v) is 6.52. The molecule has 19 heavy (non-hydrogen) atoms. The molecule has 0 bridgehead atoms. The Morgan fingerprint density at radius 2 is 2.16 bits per heavy atom. The first-order valence-electron chi connectivity index (χ1n) is 5.64. The number of anilines is 1. The van der Waals surface area contributed by atoms with Crippen LogP contribution in [0.15, 0.2) is 42.0 Å². The minimum atomic E-state index is -0.158. The van der Waals surface area contributed by atoms with Gasteiger partial charge in [-0.3, -0.25) is 9.20 Å². The highest BCUT2D eigenvalue weighted by Crippen LogP contribution is 2.18. The fourth-order valence-corrected chi connectivity index (χ4v) is 2.59. The third-order valence-corrected chi connectivity index (χ3v) is 3.58. The van der Waals surface area contributed by atoms with Crippen molar-refractivity contribution in [3.8, 4) is 5.75 Å². The number of imidazole rings is 1. The van der Waals surface area contributed by atoms with E-state index in [4.69, 9.17) is 4.74 Å². The number of rotatable bonds is 3. The smallest absolute Gasteiger partial charge is 0.273 e. The zero-order chi connectivity index (χ0) is 13.2. The van der Waals surface area contributed by atoms with Crippen LogP contribution in [0.25, 0.3) is 4.96 Å².